The van der Waals surface area contributed by atoms with Crippen molar-refractivity contribution in [2.75, 3.05) is 32.2 Å². The molecule has 2 aromatic carbocycles. The normalized spacial score (nSPS) is 15.3. The lowest BCUT2D eigenvalue weighted by atomic mass is 10.1. The van der Waals surface area contributed by atoms with Crippen LogP contribution in [0.3, 0.4) is 0 Å². The number of ether oxygens (including phenoxy) is 2. The van der Waals surface area contributed by atoms with Crippen molar-refractivity contribution in [2.24, 2.45) is 5.92 Å². The Bertz CT molecular complexity index is 1380. The molecule has 2 N–H and O–H groups in total. The number of rotatable bonds is 7. The van der Waals surface area contributed by atoms with E-state index in [2.05, 4.69) is 20.6 Å². The molecule has 0 spiro atoms. The van der Waals surface area contributed by atoms with Crippen molar-refractivity contribution in [1.29, 1.82) is 0 Å². The average Bonchev–Trinajstić information content (AvgIpc) is 3.53. The molecule has 1 aliphatic rings. The van der Waals surface area contributed by atoms with Crippen molar-refractivity contribution >= 4 is 23.1 Å². The third kappa shape index (κ3) is 4.67. The summed E-state index contributed by atoms with van der Waals surface area (Å²) >= 11 is 0. The van der Waals surface area contributed by atoms with Crippen LogP contribution in [0.1, 0.15) is 22.3 Å². The van der Waals surface area contributed by atoms with Crippen LogP contribution in [0, 0.1) is 18.7 Å². The van der Waals surface area contributed by atoms with E-state index in [1.165, 1.54) is 13.2 Å². The zero-order valence-electron chi connectivity index (χ0n) is 19.5. The van der Waals surface area contributed by atoms with Crippen LogP contribution in [0.5, 0.6) is 5.75 Å². The van der Waals surface area contributed by atoms with Gasteiger partial charge >= 0.3 is 0 Å². The predicted octanol–water partition coefficient (Wildman–Crippen LogP) is 4.36. The fraction of sp³-hybridized carbons (Fsp3) is 0.269. The maximum absolute atomic E-state index is 14.2. The highest BCUT2D eigenvalue weighted by molar-refractivity contribution is 5.96. The van der Waals surface area contributed by atoms with Gasteiger partial charge in [-0.15, -0.1) is 0 Å². The molecule has 1 atom stereocenters. The first-order chi connectivity index (χ1) is 17.0. The van der Waals surface area contributed by atoms with Crippen LogP contribution in [0.4, 0.5) is 15.9 Å². The Hall–Kier alpha value is -3.98. The van der Waals surface area contributed by atoms with Gasteiger partial charge in [0.1, 0.15) is 0 Å². The Morgan fingerprint density at radius 3 is 2.89 bits per heavy atom. The summed E-state index contributed by atoms with van der Waals surface area (Å²) in [6, 6.07) is 10.3. The van der Waals surface area contributed by atoms with E-state index in [9.17, 15) is 9.18 Å². The van der Waals surface area contributed by atoms with Crippen LogP contribution >= 0.6 is 0 Å². The summed E-state index contributed by atoms with van der Waals surface area (Å²) in [6.45, 7) is 3.97. The Morgan fingerprint density at radius 1 is 1.26 bits per heavy atom. The minimum Gasteiger partial charge on any atom is -0.494 e. The Kier molecular flexibility index (Phi) is 6.33. The van der Waals surface area contributed by atoms with Gasteiger partial charge in [0.15, 0.2) is 23.0 Å². The minimum absolute atomic E-state index is 0.0919. The summed E-state index contributed by atoms with van der Waals surface area (Å²) in [5.41, 5.74) is 4.25. The van der Waals surface area contributed by atoms with Gasteiger partial charge in [-0.3, -0.25) is 9.20 Å². The molecule has 0 saturated carbocycles. The van der Waals surface area contributed by atoms with E-state index in [0.717, 1.165) is 30.0 Å². The molecule has 0 radical (unpaired) electrons. The van der Waals surface area contributed by atoms with Gasteiger partial charge in [-0.05, 0) is 55.3 Å². The molecule has 1 unspecified atom stereocenters. The summed E-state index contributed by atoms with van der Waals surface area (Å²) in [5, 5.41) is 6.29. The summed E-state index contributed by atoms with van der Waals surface area (Å²) in [6.07, 6.45) is 6.09. The molecular weight excluding hydrogens is 449 g/mol. The number of carbonyl (C=O) groups is 1. The largest absolute Gasteiger partial charge is 0.494 e. The molecule has 3 heterocycles. The van der Waals surface area contributed by atoms with Crippen LogP contribution in [-0.4, -0.2) is 47.1 Å². The van der Waals surface area contributed by atoms with Crippen molar-refractivity contribution in [3.8, 4) is 17.0 Å². The summed E-state index contributed by atoms with van der Waals surface area (Å²) in [7, 11) is 1.43. The van der Waals surface area contributed by atoms with E-state index in [1.807, 2.05) is 23.5 Å². The highest BCUT2D eigenvalue weighted by Crippen LogP contribution is 2.28. The zero-order chi connectivity index (χ0) is 24.4. The molecule has 1 fully saturated rings. The molecule has 1 aliphatic heterocycles. The SMILES string of the molecule is COc1ccc(-c2cnc3c(Nc4ccc(C(=O)NCC5CCOC5)c(C)c4)nccn23)cc1F. The second-order valence-corrected chi connectivity index (χ2v) is 8.56. The van der Waals surface area contributed by atoms with E-state index >= 15 is 0 Å². The van der Waals surface area contributed by atoms with E-state index in [4.69, 9.17) is 9.47 Å². The van der Waals surface area contributed by atoms with Gasteiger partial charge in [0.05, 0.1) is 25.6 Å². The zero-order valence-corrected chi connectivity index (χ0v) is 19.5. The van der Waals surface area contributed by atoms with E-state index in [0.29, 0.717) is 41.7 Å². The van der Waals surface area contributed by atoms with Gasteiger partial charge in [0.2, 0.25) is 0 Å². The molecule has 2 aromatic heterocycles. The number of amides is 1. The molecule has 9 heteroatoms. The van der Waals surface area contributed by atoms with Crippen LogP contribution in [0.25, 0.3) is 16.9 Å². The maximum Gasteiger partial charge on any atom is 0.251 e. The predicted molar refractivity (Wildman–Crippen MR) is 131 cm³/mol. The molecule has 1 amide bonds. The third-order valence-electron chi connectivity index (χ3n) is 6.18. The maximum atomic E-state index is 14.2. The Labute approximate surface area is 202 Å². The Balaban J connectivity index is 1.35. The first-order valence-corrected chi connectivity index (χ1v) is 11.4. The molecule has 4 aromatic rings. The number of aryl methyl sites for hydroxylation is 1. The van der Waals surface area contributed by atoms with Crippen molar-refractivity contribution < 1.29 is 18.7 Å². The summed E-state index contributed by atoms with van der Waals surface area (Å²) in [5.74, 6) is 0.576. The van der Waals surface area contributed by atoms with Gasteiger partial charge in [-0.1, -0.05) is 0 Å². The number of nitrogens with one attached hydrogen (secondary N) is 2. The first-order valence-electron chi connectivity index (χ1n) is 11.4. The number of halogens is 1. The van der Waals surface area contributed by atoms with Gasteiger partial charge in [0.25, 0.3) is 5.91 Å². The summed E-state index contributed by atoms with van der Waals surface area (Å²) < 4.78 is 26.5. The number of aromatic nitrogens is 3. The standard InChI is InChI=1S/C26H26FN5O3/c1-16-11-19(4-5-20(16)26(33)30-13-17-7-10-35-15-17)31-24-25-29-14-22(32(25)9-8-28-24)18-3-6-23(34-2)21(27)12-18/h3-6,8-9,11-12,14,17H,7,10,13,15H2,1-2H3,(H,28,31)(H,30,33). The second-order valence-electron chi connectivity index (χ2n) is 8.56. The first kappa shape index (κ1) is 22.8. The monoisotopic (exact) mass is 475 g/mol. The van der Waals surface area contributed by atoms with Crippen molar-refractivity contribution in [1.82, 2.24) is 19.7 Å². The lowest BCUT2D eigenvalue weighted by Crippen LogP contribution is -2.30. The number of methoxy groups -OCH3 is 1. The second kappa shape index (κ2) is 9.71. The lowest BCUT2D eigenvalue weighted by Gasteiger charge is -2.13. The van der Waals surface area contributed by atoms with Gasteiger partial charge in [0, 0.05) is 48.3 Å². The number of hydrogen-bond donors (Lipinski definition) is 2. The van der Waals surface area contributed by atoms with Crippen LogP contribution in [0.15, 0.2) is 55.0 Å². The molecule has 5 rings (SSSR count). The van der Waals surface area contributed by atoms with Crippen molar-refractivity contribution in [3.63, 3.8) is 0 Å². The highest BCUT2D eigenvalue weighted by Gasteiger charge is 2.18. The number of anilines is 2. The topological polar surface area (TPSA) is 89.8 Å². The number of nitrogens with zero attached hydrogens (tertiary/aromatic N) is 3. The minimum atomic E-state index is -0.441. The molecular formula is C26H26FN5O3. The van der Waals surface area contributed by atoms with Crippen molar-refractivity contribution in [2.45, 2.75) is 13.3 Å². The van der Waals surface area contributed by atoms with Crippen LogP contribution in [0.2, 0.25) is 0 Å². The van der Waals surface area contributed by atoms with E-state index in [-0.39, 0.29) is 11.7 Å². The Morgan fingerprint density at radius 2 is 2.14 bits per heavy atom. The highest BCUT2D eigenvalue weighted by atomic mass is 19.1. The molecule has 8 nitrogen and oxygen atoms in total. The molecule has 0 bridgehead atoms. The van der Waals surface area contributed by atoms with Gasteiger partial charge in [-0.25, -0.2) is 14.4 Å². The fourth-order valence-electron chi connectivity index (χ4n) is 4.26. The molecule has 1 saturated heterocycles. The number of benzene rings is 2. The van der Waals surface area contributed by atoms with Crippen LogP contribution in [-0.2, 0) is 4.74 Å². The van der Waals surface area contributed by atoms with Crippen molar-refractivity contribution in [3.05, 3.63) is 71.9 Å². The van der Waals surface area contributed by atoms with Gasteiger partial charge < -0.3 is 20.1 Å². The third-order valence-corrected chi connectivity index (χ3v) is 6.18. The number of carbonyl (C=O) groups excluding carboxylic acids is 1. The smallest absolute Gasteiger partial charge is 0.251 e. The number of fused-ring (bicyclic) bond motifs is 1. The number of hydrogen-bond acceptors (Lipinski definition) is 6. The van der Waals surface area contributed by atoms with E-state index in [1.54, 1.807) is 36.8 Å². The lowest BCUT2D eigenvalue weighted by molar-refractivity contribution is 0.0944. The number of imidazole rings is 1. The van der Waals surface area contributed by atoms with E-state index < -0.39 is 5.82 Å². The molecule has 35 heavy (non-hydrogen) atoms. The fourth-order valence-corrected chi connectivity index (χ4v) is 4.26. The van der Waals surface area contributed by atoms with Gasteiger partial charge in [-0.2, -0.15) is 0 Å². The summed E-state index contributed by atoms with van der Waals surface area (Å²) in [4.78, 5) is 21.6. The average molecular weight is 476 g/mol. The molecule has 0 aliphatic carbocycles. The quantitative estimate of drug-likeness (QED) is 0.413. The van der Waals surface area contributed by atoms with Crippen LogP contribution < -0.4 is 15.4 Å². The molecule has 180 valence electrons.